The summed E-state index contributed by atoms with van der Waals surface area (Å²) in [6.07, 6.45) is 1.12. The number of likely N-dealkylation sites (N-methyl/N-ethyl adjacent to an activating group) is 1. The molecule has 0 aliphatic rings. The number of carbonyl (C=O) groups excluding carboxylic acids is 1. The first-order valence-electron chi connectivity index (χ1n) is 9.01. The van der Waals surface area contributed by atoms with E-state index in [1.54, 1.807) is 24.1 Å². The van der Waals surface area contributed by atoms with E-state index in [1.165, 1.54) is 4.31 Å². The lowest BCUT2D eigenvalue weighted by Crippen LogP contribution is -2.41. The summed E-state index contributed by atoms with van der Waals surface area (Å²) in [4.78, 5) is 14.3. The van der Waals surface area contributed by atoms with Crippen molar-refractivity contribution in [2.75, 3.05) is 24.2 Å². The Morgan fingerprint density at radius 2 is 1.57 bits per heavy atom. The fourth-order valence-corrected chi connectivity index (χ4v) is 4.07. The molecule has 0 spiro atoms. The maximum Gasteiger partial charge on any atom is 0.243 e. The molecule has 0 radical (unpaired) electrons. The molecule has 0 unspecified atom stereocenters. The van der Waals surface area contributed by atoms with Gasteiger partial charge in [0.25, 0.3) is 0 Å². The van der Waals surface area contributed by atoms with Crippen LogP contribution in [0.4, 0.5) is 5.69 Å². The first-order chi connectivity index (χ1) is 13.3. The highest BCUT2D eigenvalue weighted by Crippen LogP contribution is 2.22. The Hall–Kier alpha value is -2.86. The van der Waals surface area contributed by atoms with Crippen molar-refractivity contribution in [3.8, 4) is 0 Å². The van der Waals surface area contributed by atoms with Gasteiger partial charge in [0.1, 0.15) is 6.54 Å². The van der Waals surface area contributed by atoms with E-state index < -0.39 is 10.0 Å². The van der Waals surface area contributed by atoms with Crippen LogP contribution >= 0.6 is 0 Å². The van der Waals surface area contributed by atoms with Crippen molar-refractivity contribution in [1.29, 1.82) is 0 Å². The fraction of sp³-hybridized carbons (Fsp3) is 0.227. The highest BCUT2D eigenvalue weighted by Gasteiger charge is 2.23. The van der Waals surface area contributed by atoms with Crippen LogP contribution in [0.15, 0.2) is 66.7 Å². The van der Waals surface area contributed by atoms with E-state index in [9.17, 15) is 13.2 Å². The van der Waals surface area contributed by atoms with Gasteiger partial charge in [0.2, 0.25) is 15.9 Å². The number of benzene rings is 3. The molecule has 0 aliphatic heterocycles. The lowest BCUT2D eigenvalue weighted by molar-refractivity contribution is -0.128. The molecular formula is C22H24N2O3S. The predicted octanol–water partition coefficient (Wildman–Crippen LogP) is 3.57. The van der Waals surface area contributed by atoms with Gasteiger partial charge in [-0.2, -0.15) is 0 Å². The number of para-hydroxylation sites is 1. The van der Waals surface area contributed by atoms with Crippen molar-refractivity contribution < 1.29 is 13.2 Å². The van der Waals surface area contributed by atoms with Gasteiger partial charge in [-0.05, 0) is 41.0 Å². The molecule has 6 heteroatoms. The summed E-state index contributed by atoms with van der Waals surface area (Å²) in [7, 11) is -1.89. The summed E-state index contributed by atoms with van der Waals surface area (Å²) in [6.45, 7) is 2.01. The van der Waals surface area contributed by atoms with Crippen LogP contribution in [-0.2, 0) is 21.4 Å². The molecule has 0 aromatic heterocycles. The van der Waals surface area contributed by atoms with Crippen LogP contribution in [0, 0.1) is 6.92 Å². The molecule has 5 nitrogen and oxygen atoms in total. The zero-order chi connectivity index (χ0) is 20.3. The topological polar surface area (TPSA) is 57.7 Å². The first-order valence-corrected chi connectivity index (χ1v) is 10.9. The fourth-order valence-electron chi connectivity index (χ4n) is 3.17. The quantitative estimate of drug-likeness (QED) is 0.640. The van der Waals surface area contributed by atoms with E-state index in [1.807, 2.05) is 55.5 Å². The molecule has 1 amide bonds. The number of amides is 1. The van der Waals surface area contributed by atoms with Gasteiger partial charge < -0.3 is 4.90 Å². The van der Waals surface area contributed by atoms with E-state index in [0.717, 1.165) is 28.2 Å². The molecule has 0 saturated heterocycles. The number of rotatable bonds is 6. The Morgan fingerprint density at radius 3 is 2.25 bits per heavy atom. The number of hydrogen-bond acceptors (Lipinski definition) is 3. The minimum Gasteiger partial charge on any atom is -0.340 e. The third-order valence-corrected chi connectivity index (χ3v) is 5.85. The SMILES string of the molecule is Cc1ccccc1N(CC(=O)N(C)Cc1ccc2ccccc2c1)S(C)(=O)=O. The lowest BCUT2D eigenvalue weighted by atomic mass is 10.1. The van der Waals surface area contributed by atoms with Gasteiger partial charge in [-0.3, -0.25) is 9.10 Å². The van der Waals surface area contributed by atoms with Crippen LogP contribution in [0.2, 0.25) is 0 Å². The second-order valence-electron chi connectivity index (χ2n) is 6.99. The first kappa shape index (κ1) is 19.9. The van der Waals surface area contributed by atoms with Gasteiger partial charge in [0, 0.05) is 13.6 Å². The molecular weight excluding hydrogens is 372 g/mol. The summed E-state index contributed by atoms with van der Waals surface area (Å²) in [5, 5.41) is 2.25. The van der Waals surface area contributed by atoms with Crippen LogP contribution in [0.3, 0.4) is 0 Å². The van der Waals surface area contributed by atoms with Crippen molar-refractivity contribution in [3.05, 3.63) is 77.9 Å². The van der Waals surface area contributed by atoms with Crippen LogP contribution in [0.25, 0.3) is 10.8 Å². The number of aryl methyl sites for hydroxylation is 1. The number of carbonyl (C=O) groups is 1. The van der Waals surface area contributed by atoms with Crippen LogP contribution in [-0.4, -0.2) is 39.1 Å². The standard InChI is InChI=1S/C22H24N2O3S/c1-17-8-4-7-11-21(17)24(28(3,26)27)16-22(25)23(2)15-18-12-13-19-9-5-6-10-20(19)14-18/h4-14H,15-16H2,1-3H3. The highest BCUT2D eigenvalue weighted by atomic mass is 32.2. The Balaban J connectivity index is 1.78. The van der Waals surface area contributed by atoms with Crippen LogP contribution in [0.1, 0.15) is 11.1 Å². The molecule has 28 heavy (non-hydrogen) atoms. The highest BCUT2D eigenvalue weighted by molar-refractivity contribution is 7.92. The molecule has 0 heterocycles. The number of fused-ring (bicyclic) bond motifs is 1. The molecule has 0 N–H and O–H groups in total. The molecule has 146 valence electrons. The smallest absolute Gasteiger partial charge is 0.243 e. The van der Waals surface area contributed by atoms with Crippen LogP contribution < -0.4 is 4.31 Å². The van der Waals surface area contributed by atoms with E-state index in [-0.39, 0.29) is 12.5 Å². The molecule has 3 rings (SSSR count). The summed E-state index contributed by atoms with van der Waals surface area (Å²) in [6, 6.07) is 21.3. The van der Waals surface area contributed by atoms with Crippen molar-refractivity contribution in [1.82, 2.24) is 4.90 Å². The van der Waals surface area contributed by atoms with Gasteiger partial charge in [0.05, 0.1) is 11.9 Å². The van der Waals surface area contributed by atoms with Gasteiger partial charge >= 0.3 is 0 Å². The average Bonchev–Trinajstić information content (AvgIpc) is 2.65. The van der Waals surface area contributed by atoms with E-state index in [2.05, 4.69) is 6.07 Å². The molecule has 3 aromatic carbocycles. The van der Waals surface area contributed by atoms with Gasteiger partial charge in [0.15, 0.2) is 0 Å². The number of anilines is 1. The van der Waals surface area contributed by atoms with Gasteiger partial charge in [-0.25, -0.2) is 8.42 Å². The van der Waals surface area contributed by atoms with Gasteiger partial charge in [-0.15, -0.1) is 0 Å². The minimum atomic E-state index is -3.58. The molecule has 0 bridgehead atoms. The van der Waals surface area contributed by atoms with E-state index >= 15 is 0 Å². The second-order valence-corrected chi connectivity index (χ2v) is 8.89. The normalized spacial score (nSPS) is 11.4. The van der Waals surface area contributed by atoms with E-state index in [4.69, 9.17) is 0 Å². The average molecular weight is 397 g/mol. The van der Waals surface area contributed by atoms with E-state index in [0.29, 0.717) is 12.2 Å². The molecule has 0 saturated carbocycles. The van der Waals surface area contributed by atoms with Crippen molar-refractivity contribution in [2.45, 2.75) is 13.5 Å². The molecule has 0 fully saturated rings. The monoisotopic (exact) mass is 396 g/mol. The predicted molar refractivity (Wildman–Crippen MR) is 114 cm³/mol. The van der Waals surface area contributed by atoms with Gasteiger partial charge in [-0.1, -0.05) is 54.6 Å². The van der Waals surface area contributed by atoms with Crippen molar-refractivity contribution in [3.63, 3.8) is 0 Å². The Labute approximate surface area is 166 Å². The number of nitrogens with zero attached hydrogens (tertiary/aromatic N) is 2. The Morgan fingerprint density at radius 1 is 0.929 bits per heavy atom. The van der Waals surface area contributed by atoms with Crippen LogP contribution in [0.5, 0.6) is 0 Å². The summed E-state index contributed by atoms with van der Waals surface area (Å²) in [5.74, 6) is -0.262. The maximum atomic E-state index is 12.8. The molecule has 0 atom stereocenters. The zero-order valence-corrected chi connectivity index (χ0v) is 17.1. The minimum absolute atomic E-state index is 0.228. The number of sulfonamides is 1. The summed E-state index contributed by atoms with van der Waals surface area (Å²) >= 11 is 0. The largest absolute Gasteiger partial charge is 0.340 e. The Kier molecular flexibility index (Phi) is 5.70. The zero-order valence-electron chi connectivity index (χ0n) is 16.3. The van der Waals surface area contributed by atoms with Crippen molar-refractivity contribution >= 4 is 32.4 Å². The molecule has 0 aliphatic carbocycles. The summed E-state index contributed by atoms with van der Waals surface area (Å²) in [5.41, 5.74) is 2.33. The van der Waals surface area contributed by atoms with Crippen molar-refractivity contribution in [2.24, 2.45) is 0 Å². The third-order valence-electron chi connectivity index (χ3n) is 4.72. The molecule has 3 aromatic rings. The number of hydrogen-bond donors (Lipinski definition) is 0. The third kappa shape index (κ3) is 4.51. The Bertz CT molecular complexity index is 1110. The summed E-state index contributed by atoms with van der Waals surface area (Å²) < 4.78 is 25.8. The lowest BCUT2D eigenvalue weighted by Gasteiger charge is -2.26. The maximum absolute atomic E-state index is 12.8. The second kappa shape index (κ2) is 8.02.